The second-order valence-electron chi connectivity index (χ2n) is 8.39. The van der Waals surface area contributed by atoms with Crippen LogP contribution in [-0.2, 0) is 44.1 Å². The number of carbonyl (C=O) groups is 2. The van der Waals surface area contributed by atoms with Gasteiger partial charge < -0.3 is 43.6 Å². The van der Waals surface area contributed by atoms with Crippen LogP contribution in [0.25, 0.3) is 0 Å². The maximum absolute atomic E-state index is 13.0. The fourth-order valence-electron chi connectivity index (χ4n) is 3.23. The van der Waals surface area contributed by atoms with E-state index in [1.165, 1.54) is 18.2 Å². The van der Waals surface area contributed by atoms with E-state index in [1.54, 1.807) is 18.2 Å². The number of esters is 1. The molecule has 0 saturated carbocycles. The molecule has 2 aromatic rings. The third-order valence-corrected chi connectivity index (χ3v) is 5.16. The number of carbonyl (C=O) groups excluding carboxylic acids is 1. The Morgan fingerprint density at radius 3 is 1.69 bits per heavy atom. The van der Waals surface area contributed by atoms with E-state index in [4.69, 9.17) is 38.3 Å². The number of benzene rings is 2. The Morgan fingerprint density at radius 1 is 0.667 bits per heavy atom. The molecular formula is C28H36F3NO10. The zero-order valence-corrected chi connectivity index (χ0v) is 23.1. The molecule has 2 rings (SSSR count). The third-order valence-electron chi connectivity index (χ3n) is 5.16. The molecule has 0 saturated heterocycles. The standard InChI is InChI=1S/C28H36F3NO10/c29-28(30,31)22-4-3-5-23(20-22)32-25-7-2-1-6-24(25)27(35)42-19-18-40-15-14-38-11-10-36-8-9-37-12-13-39-16-17-41-21-26(33)34/h1-7,20,32H,8-19,21H2,(H,33,34). The van der Waals surface area contributed by atoms with Crippen LogP contribution in [0, 0.1) is 0 Å². The van der Waals surface area contributed by atoms with Gasteiger partial charge in [0, 0.05) is 5.69 Å². The van der Waals surface area contributed by atoms with Gasteiger partial charge in [0.05, 0.1) is 89.5 Å². The number of anilines is 2. The van der Waals surface area contributed by atoms with Crippen molar-refractivity contribution in [2.24, 2.45) is 0 Å². The van der Waals surface area contributed by atoms with Gasteiger partial charge in [-0.1, -0.05) is 18.2 Å². The maximum Gasteiger partial charge on any atom is 0.416 e. The predicted octanol–water partition coefficient (Wildman–Crippen LogP) is 3.79. The molecule has 0 heterocycles. The second-order valence-corrected chi connectivity index (χ2v) is 8.39. The van der Waals surface area contributed by atoms with Gasteiger partial charge in [0.25, 0.3) is 0 Å². The van der Waals surface area contributed by atoms with E-state index in [0.717, 1.165) is 12.1 Å². The van der Waals surface area contributed by atoms with Crippen molar-refractivity contribution in [3.63, 3.8) is 0 Å². The Labute approximate surface area is 241 Å². The molecule has 0 spiro atoms. The SMILES string of the molecule is O=C(O)COCCOCCOCCOCCOCCOCCOC(=O)c1ccccc1Nc1cccc(C(F)(F)F)c1. The lowest BCUT2D eigenvalue weighted by molar-refractivity contribution is -0.142. The minimum Gasteiger partial charge on any atom is -0.480 e. The Kier molecular flexibility index (Phi) is 17.1. The predicted molar refractivity (Wildman–Crippen MR) is 144 cm³/mol. The van der Waals surface area contributed by atoms with Gasteiger partial charge in [0.15, 0.2) is 0 Å². The highest BCUT2D eigenvalue weighted by Crippen LogP contribution is 2.32. The highest BCUT2D eigenvalue weighted by atomic mass is 19.4. The van der Waals surface area contributed by atoms with Crippen molar-refractivity contribution >= 4 is 23.3 Å². The Balaban J connectivity index is 1.46. The molecule has 0 unspecified atom stereocenters. The molecule has 0 radical (unpaired) electrons. The summed E-state index contributed by atoms with van der Waals surface area (Å²) in [7, 11) is 0. The van der Waals surface area contributed by atoms with Crippen LogP contribution < -0.4 is 5.32 Å². The van der Waals surface area contributed by atoms with Gasteiger partial charge in [-0.3, -0.25) is 0 Å². The largest absolute Gasteiger partial charge is 0.480 e. The van der Waals surface area contributed by atoms with E-state index in [0.29, 0.717) is 58.5 Å². The van der Waals surface area contributed by atoms with Crippen LogP contribution in [0.2, 0.25) is 0 Å². The highest BCUT2D eigenvalue weighted by molar-refractivity contribution is 5.96. The number of rotatable bonds is 23. The van der Waals surface area contributed by atoms with Crippen LogP contribution in [-0.4, -0.2) is 103 Å². The molecule has 0 aliphatic heterocycles. The topological polar surface area (TPSA) is 131 Å². The number of hydrogen-bond acceptors (Lipinski definition) is 10. The van der Waals surface area contributed by atoms with E-state index in [2.05, 4.69) is 5.32 Å². The number of ether oxygens (including phenoxy) is 7. The molecular weight excluding hydrogens is 567 g/mol. The summed E-state index contributed by atoms with van der Waals surface area (Å²) < 4.78 is 75.7. The lowest BCUT2D eigenvalue weighted by atomic mass is 10.1. The third kappa shape index (κ3) is 15.7. The molecule has 2 N–H and O–H groups in total. The minimum absolute atomic E-state index is 0.0105. The van der Waals surface area contributed by atoms with Gasteiger partial charge in [-0.15, -0.1) is 0 Å². The van der Waals surface area contributed by atoms with E-state index in [1.807, 2.05) is 0 Å². The number of carboxylic acid groups (broad SMARTS) is 1. The van der Waals surface area contributed by atoms with E-state index < -0.39 is 23.7 Å². The van der Waals surface area contributed by atoms with Gasteiger partial charge in [0.1, 0.15) is 13.2 Å². The zero-order chi connectivity index (χ0) is 30.5. The molecule has 0 aromatic heterocycles. The molecule has 11 nitrogen and oxygen atoms in total. The lowest BCUT2D eigenvalue weighted by Gasteiger charge is -2.13. The smallest absolute Gasteiger partial charge is 0.416 e. The number of para-hydroxylation sites is 1. The molecule has 0 bridgehead atoms. The molecule has 0 fully saturated rings. The molecule has 2 aromatic carbocycles. The fraction of sp³-hybridized carbons (Fsp3) is 0.500. The van der Waals surface area contributed by atoms with Gasteiger partial charge in [-0.05, 0) is 30.3 Å². The van der Waals surface area contributed by atoms with Crippen molar-refractivity contribution < 1.29 is 61.0 Å². The number of nitrogens with one attached hydrogen (secondary N) is 1. The average Bonchev–Trinajstić information content (AvgIpc) is 2.96. The Morgan fingerprint density at radius 2 is 1.17 bits per heavy atom. The fourth-order valence-corrected chi connectivity index (χ4v) is 3.23. The Bertz CT molecular complexity index is 1050. The quantitative estimate of drug-likeness (QED) is 0.142. The van der Waals surface area contributed by atoms with Crippen molar-refractivity contribution in [3.05, 3.63) is 59.7 Å². The van der Waals surface area contributed by atoms with Crippen molar-refractivity contribution in [3.8, 4) is 0 Å². The first-order chi connectivity index (χ1) is 20.3. The summed E-state index contributed by atoms with van der Waals surface area (Å²) in [5.41, 5.74) is -0.118. The van der Waals surface area contributed by atoms with Crippen molar-refractivity contribution in [2.45, 2.75) is 6.18 Å². The molecule has 14 heteroatoms. The lowest BCUT2D eigenvalue weighted by Crippen LogP contribution is -2.16. The van der Waals surface area contributed by atoms with Gasteiger partial charge in [-0.25, -0.2) is 9.59 Å². The number of carboxylic acids is 1. The van der Waals surface area contributed by atoms with Crippen LogP contribution in [0.4, 0.5) is 24.5 Å². The van der Waals surface area contributed by atoms with Crippen molar-refractivity contribution in [1.29, 1.82) is 0 Å². The summed E-state index contributed by atoms with van der Waals surface area (Å²) in [6.07, 6.45) is -4.48. The molecule has 0 aliphatic carbocycles. The van der Waals surface area contributed by atoms with Gasteiger partial charge >= 0.3 is 18.1 Å². The molecule has 234 valence electrons. The normalized spacial score (nSPS) is 11.4. The van der Waals surface area contributed by atoms with Crippen molar-refractivity contribution in [1.82, 2.24) is 0 Å². The summed E-state index contributed by atoms with van der Waals surface area (Å²) in [5.74, 6) is -1.66. The van der Waals surface area contributed by atoms with E-state index in [9.17, 15) is 22.8 Å². The minimum atomic E-state index is -4.48. The van der Waals surface area contributed by atoms with Crippen LogP contribution in [0.3, 0.4) is 0 Å². The summed E-state index contributed by atoms with van der Waals surface area (Å²) >= 11 is 0. The highest BCUT2D eigenvalue weighted by Gasteiger charge is 2.30. The summed E-state index contributed by atoms with van der Waals surface area (Å²) in [6.45, 7) is 3.19. The van der Waals surface area contributed by atoms with Crippen LogP contribution in [0.1, 0.15) is 15.9 Å². The zero-order valence-electron chi connectivity index (χ0n) is 23.1. The first kappa shape index (κ1) is 34.9. The maximum atomic E-state index is 13.0. The number of alkyl halides is 3. The average molecular weight is 604 g/mol. The molecule has 0 aliphatic rings. The number of hydrogen-bond donors (Lipinski definition) is 2. The summed E-state index contributed by atoms with van der Waals surface area (Å²) in [6, 6.07) is 11.1. The molecule has 0 atom stereocenters. The number of aliphatic carboxylic acids is 1. The van der Waals surface area contributed by atoms with E-state index in [-0.39, 0.29) is 44.3 Å². The molecule has 42 heavy (non-hydrogen) atoms. The van der Waals surface area contributed by atoms with E-state index >= 15 is 0 Å². The first-order valence-electron chi connectivity index (χ1n) is 13.2. The second kappa shape index (κ2) is 20.6. The monoisotopic (exact) mass is 603 g/mol. The van der Waals surface area contributed by atoms with Crippen LogP contribution in [0.15, 0.2) is 48.5 Å². The summed E-state index contributed by atoms with van der Waals surface area (Å²) in [4.78, 5) is 22.8. The first-order valence-corrected chi connectivity index (χ1v) is 13.2. The Hall–Kier alpha value is -3.27. The summed E-state index contributed by atoms with van der Waals surface area (Å²) in [5, 5.41) is 11.3. The van der Waals surface area contributed by atoms with Crippen molar-refractivity contribution in [2.75, 3.05) is 91.2 Å². The van der Waals surface area contributed by atoms with Crippen LogP contribution >= 0.6 is 0 Å². The molecule has 0 amide bonds. The van der Waals surface area contributed by atoms with Gasteiger partial charge in [-0.2, -0.15) is 13.2 Å². The van der Waals surface area contributed by atoms with Gasteiger partial charge in [0.2, 0.25) is 0 Å². The van der Waals surface area contributed by atoms with Crippen LogP contribution in [0.5, 0.6) is 0 Å². The number of halogens is 3.